The Morgan fingerprint density at radius 1 is 1.29 bits per heavy atom. The molecule has 0 aromatic carbocycles. The molecule has 0 spiro atoms. The van der Waals surface area contributed by atoms with Gasteiger partial charge in [0.1, 0.15) is 0 Å². The molecule has 2 fully saturated rings. The summed E-state index contributed by atoms with van der Waals surface area (Å²) in [5.74, 6) is 0.281. The second kappa shape index (κ2) is 5.83. The van der Waals surface area contributed by atoms with Crippen LogP contribution >= 0.6 is 0 Å². The Bertz CT molecular complexity index is 263. The van der Waals surface area contributed by atoms with Crippen LogP contribution in [0.3, 0.4) is 0 Å². The maximum Gasteiger partial charge on any atom is 0.239 e. The third kappa shape index (κ3) is 3.19. The Morgan fingerprint density at radius 3 is 2.59 bits per heavy atom. The van der Waals surface area contributed by atoms with Crippen molar-refractivity contribution >= 4 is 5.91 Å². The van der Waals surface area contributed by atoms with Crippen molar-refractivity contribution in [1.29, 1.82) is 0 Å². The van der Waals surface area contributed by atoms with Crippen LogP contribution in [0.5, 0.6) is 0 Å². The molecule has 2 unspecified atom stereocenters. The first-order valence-electron chi connectivity index (χ1n) is 6.91. The number of rotatable bonds is 4. The third-order valence-electron chi connectivity index (χ3n) is 4.12. The molecule has 0 radical (unpaired) electrons. The molecule has 2 atom stereocenters. The largest absolute Gasteiger partial charge is 0.341 e. The van der Waals surface area contributed by atoms with Crippen molar-refractivity contribution in [3.05, 3.63) is 0 Å². The number of amides is 1. The van der Waals surface area contributed by atoms with Crippen LogP contribution in [-0.2, 0) is 4.79 Å². The van der Waals surface area contributed by atoms with Crippen molar-refractivity contribution in [2.45, 2.75) is 44.7 Å². The smallest absolute Gasteiger partial charge is 0.239 e. The summed E-state index contributed by atoms with van der Waals surface area (Å²) < 4.78 is 0. The molecule has 2 saturated heterocycles. The average molecular weight is 239 g/mol. The molecule has 0 aromatic heterocycles. The first-order chi connectivity index (χ1) is 8.18. The van der Waals surface area contributed by atoms with Gasteiger partial charge in [-0.25, -0.2) is 0 Å². The van der Waals surface area contributed by atoms with E-state index in [1.807, 2.05) is 11.8 Å². The maximum absolute atomic E-state index is 12.1. The van der Waals surface area contributed by atoms with Crippen LogP contribution in [0.1, 0.15) is 32.6 Å². The van der Waals surface area contributed by atoms with E-state index in [-0.39, 0.29) is 11.9 Å². The van der Waals surface area contributed by atoms with Gasteiger partial charge < -0.3 is 15.1 Å². The van der Waals surface area contributed by atoms with E-state index in [0.29, 0.717) is 6.04 Å². The molecule has 2 aliphatic rings. The van der Waals surface area contributed by atoms with Crippen molar-refractivity contribution < 1.29 is 4.79 Å². The lowest BCUT2D eigenvalue weighted by molar-refractivity contribution is -0.132. The number of nitrogens with one attached hydrogen (secondary N) is 1. The quantitative estimate of drug-likeness (QED) is 0.784. The molecule has 17 heavy (non-hydrogen) atoms. The number of likely N-dealkylation sites (N-methyl/N-ethyl adjacent to an activating group) is 1. The van der Waals surface area contributed by atoms with Gasteiger partial charge in [0, 0.05) is 25.7 Å². The van der Waals surface area contributed by atoms with Crippen LogP contribution in [0.25, 0.3) is 0 Å². The molecule has 0 aliphatic carbocycles. The lowest BCUT2D eigenvalue weighted by Gasteiger charge is -2.25. The Kier molecular flexibility index (Phi) is 4.40. The SMILES string of the molecule is CC(NCC1CCCN1C)C(=O)N1CCCC1. The zero-order chi connectivity index (χ0) is 12.3. The number of carbonyl (C=O) groups is 1. The summed E-state index contributed by atoms with van der Waals surface area (Å²) in [5.41, 5.74) is 0. The minimum absolute atomic E-state index is 0.0258. The standard InChI is InChI=1S/C13H25N3O/c1-11(13(17)16-8-3-4-9-16)14-10-12-6-5-7-15(12)2/h11-12,14H,3-10H2,1-2H3. The predicted molar refractivity (Wildman–Crippen MR) is 68.9 cm³/mol. The highest BCUT2D eigenvalue weighted by atomic mass is 16.2. The fraction of sp³-hybridized carbons (Fsp3) is 0.923. The van der Waals surface area contributed by atoms with Crippen molar-refractivity contribution in [3.63, 3.8) is 0 Å². The zero-order valence-corrected chi connectivity index (χ0v) is 11.1. The molecule has 1 amide bonds. The van der Waals surface area contributed by atoms with E-state index in [1.54, 1.807) is 0 Å². The number of carbonyl (C=O) groups excluding carboxylic acids is 1. The molecule has 2 rings (SSSR count). The fourth-order valence-electron chi connectivity index (χ4n) is 2.85. The van der Waals surface area contributed by atoms with E-state index in [4.69, 9.17) is 0 Å². The van der Waals surface area contributed by atoms with Gasteiger partial charge >= 0.3 is 0 Å². The van der Waals surface area contributed by atoms with E-state index in [2.05, 4.69) is 17.3 Å². The van der Waals surface area contributed by atoms with Crippen molar-refractivity contribution in [1.82, 2.24) is 15.1 Å². The van der Waals surface area contributed by atoms with Gasteiger partial charge in [-0.1, -0.05) is 0 Å². The van der Waals surface area contributed by atoms with Gasteiger partial charge in [-0.05, 0) is 46.2 Å². The number of nitrogens with zero attached hydrogens (tertiary/aromatic N) is 2. The van der Waals surface area contributed by atoms with Gasteiger partial charge in [0.05, 0.1) is 6.04 Å². The minimum Gasteiger partial charge on any atom is -0.341 e. The van der Waals surface area contributed by atoms with Crippen LogP contribution < -0.4 is 5.32 Å². The maximum atomic E-state index is 12.1. The summed E-state index contributed by atoms with van der Waals surface area (Å²) in [6, 6.07) is 0.589. The molecule has 2 heterocycles. The third-order valence-corrected chi connectivity index (χ3v) is 4.12. The van der Waals surface area contributed by atoms with Gasteiger partial charge in [0.25, 0.3) is 0 Å². The molecule has 4 nitrogen and oxygen atoms in total. The van der Waals surface area contributed by atoms with Gasteiger partial charge in [-0.2, -0.15) is 0 Å². The Hall–Kier alpha value is -0.610. The first-order valence-corrected chi connectivity index (χ1v) is 6.91. The molecule has 0 bridgehead atoms. The second-order valence-electron chi connectivity index (χ2n) is 5.44. The normalized spacial score (nSPS) is 27.6. The average Bonchev–Trinajstić information content (AvgIpc) is 2.96. The Morgan fingerprint density at radius 2 is 2.00 bits per heavy atom. The van der Waals surface area contributed by atoms with Gasteiger partial charge in [-0.3, -0.25) is 4.79 Å². The number of hydrogen-bond donors (Lipinski definition) is 1. The lowest BCUT2D eigenvalue weighted by atomic mass is 10.2. The second-order valence-corrected chi connectivity index (χ2v) is 5.44. The summed E-state index contributed by atoms with van der Waals surface area (Å²) in [6.07, 6.45) is 4.89. The van der Waals surface area contributed by atoms with Gasteiger partial charge in [0.15, 0.2) is 0 Å². The van der Waals surface area contributed by atoms with E-state index in [9.17, 15) is 4.79 Å². The van der Waals surface area contributed by atoms with E-state index < -0.39 is 0 Å². The van der Waals surface area contributed by atoms with E-state index in [0.717, 1.165) is 19.6 Å². The molecule has 0 saturated carbocycles. The van der Waals surface area contributed by atoms with Crippen molar-refractivity contribution in [3.8, 4) is 0 Å². The lowest BCUT2D eigenvalue weighted by Crippen LogP contribution is -2.47. The number of hydrogen-bond acceptors (Lipinski definition) is 3. The van der Waals surface area contributed by atoms with Crippen LogP contribution in [0.2, 0.25) is 0 Å². The van der Waals surface area contributed by atoms with Gasteiger partial charge in [0.2, 0.25) is 5.91 Å². The summed E-state index contributed by atoms with van der Waals surface area (Å²) in [7, 11) is 2.17. The molecule has 2 aliphatic heterocycles. The van der Waals surface area contributed by atoms with Crippen molar-refractivity contribution in [2.24, 2.45) is 0 Å². The van der Waals surface area contributed by atoms with Crippen molar-refractivity contribution in [2.75, 3.05) is 33.2 Å². The monoisotopic (exact) mass is 239 g/mol. The van der Waals surface area contributed by atoms with E-state index in [1.165, 1.54) is 32.2 Å². The molecule has 4 heteroatoms. The molecular weight excluding hydrogens is 214 g/mol. The molecular formula is C13H25N3O. The molecule has 0 aromatic rings. The highest BCUT2D eigenvalue weighted by molar-refractivity contribution is 5.81. The fourth-order valence-corrected chi connectivity index (χ4v) is 2.85. The van der Waals surface area contributed by atoms with Gasteiger partial charge in [-0.15, -0.1) is 0 Å². The zero-order valence-electron chi connectivity index (χ0n) is 11.1. The van der Waals surface area contributed by atoms with Crippen LogP contribution in [0.4, 0.5) is 0 Å². The summed E-state index contributed by atoms with van der Waals surface area (Å²) in [4.78, 5) is 16.5. The highest BCUT2D eigenvalue weighted by Gasteiger charge is 2.25. The topological polar surface area (TPSA) is 35.6 Å². The Labute approximate surface area is 104 Å². The summed E-state index contributed by atoms with van der Waals surface area (Å²) in [5, 5.41) is 3.40. The summed E-state index contributed by atoms with van der Waals surface area (Å²) >= 11 is 0. The van der Waals surface area contributed by atoms with E-state index >= 15 is 0 Å². The highest BCUT2D eigenvalue weighted by Crippen LogP contribution is 2.14. The number of likely N-dealkylation sites (tertiary alicyclic amines) is 2. The van der Waals surface area contributed by atoms with Crippen LogP contribution in [0, 0.1) is 0 Å². The minimum atomic E-state index is -0.0258. The summed E-state index contributed by atoms with van der Waals surface area (Å²) in [6.45, 7) is 6.04. The Balaban J connectivity index is 1.72. The van der Waals surface area contributed by atoms with Crippen LogP contribution in [0.15, 0.2) is 0 Å². The molecule has 1 N–H and O–H groups in total. The molecule has 98 valence electrons. The first kappa shape index (κ1) is 12.8. The van der Waals surface area contributed by atoms with Crippen LogP contribution in [-0.4, -0.2) is 61.0 Å². The predicted octanol–water partition coefficient (Wildman–Crippen LogP) is 0.681.